The van der Waals surface area contributed by atoms with Crippen molar-refractivity contribution in [3.8, 4) is 5.75 Å². The Bertz CT molecular complexity index is 352. The lowest BCUT2D eigenvalue weighted by atomic mass is 10.2. The Hall–Kier alpha value is -1.40. The van der Waals surface area contributed by atoms with E-state index in [2.05, 4.69) is 29.2 Å². The molecule has 0 heterocycles. The third kappa shape index (κ3) is 7.95. The second-order valence-electron chi connectivity index (χ2n) is 2.76. The fourth-order valence-corrected chi connectivity index (χ4v) is 0.819. The van der Waals surface area contributed by atoms with Gasteiger partial charge < -0.3 is 20.9 Å². The highest BCUT2D eigenvalue weighted by atomic mass is 32.1. The van der Waals surface area contributed by atoms with E-state index < -0.39 is 0 Å². The fourth-order valence-electron chi connectivity index (χ4n) is 0.722. The van der Waals surface area contributed by atoms with Crippen molar-refractivity contribution in [3.63, 3.8) is 0 Å². The number of rotatable bonds is 1. The summed E-state index contributed by atoms with van der Waals surface area (Å²) in [5.74, 6) is 0.683. The van der Waals surface area contributed by atoms with Crippen molar-refractivity contribution < 1.29 is 9.47 Å². The normalized spacial score (nSPS) is 8.38. The molecular formula is C10H14N2O2S2. The van der Waals surface area contributed by atoms with Gasteiger partial charge in [0.25, 0.3) is 10.3 Å². The van der Waals surface area contributed by atoms with E-state index >= 15 is 0 Å². The largest absolute Gasteiger partial charge is 0.475 e. The monoisotopic (exact) mass is 258 g/mol. The Morgan fingerprint density at radius 1 is 1.06 bits per heavy atom. The average Bonchev–Trinajstić information content (AvgIpc) is 2.22. The maximum atomic E-state index is 5.17. The summed E-state index contributed by atoms with van der Waals surface area (Å²) in [5, 5.41) is 0.138. The van der Waals surface area contributed by atoms with Gasteiger partial charge in [-0.15, -0.1) is 0 Å². The van der Waals surface area contributed by atoms with Gasteiger partial charge in [-0.05, 0) is 43.5 Å². The summed E-state index contributed by atoms with van der Waals surface area (Å²) in [4.78, 5) is 0. The van der Waals surface area contributed by atoms with Crippen LogP contribution in [0.4, 0.5) is 0 Å². The number of hydrogen-bond acceptors (Lipinski definition) is 4. The predicted molar refractivity (Wildman–Crippen MR) is 72.4 cm³/mol. The number of nitrogens with two attached hydrogens (primary N) is 2. The van der Waals surface area contributed by atoms with Gasteiger partial charge in [-0.1, -0.05) is 17.7 Å². The number of methoxy groups -OCH3 is 1. The molecule has 0 amide bonds. The first-order valence-electron chi connectivity index (χ1n) is 4.33. The molecule has 0 unspecified atom stereocenters. The summed E-state index contributed by atoms with van der Waals surface area (Å²) in [6.45, 7) is 2.00. The Morgan fingerprint density at radius 3 is 1.81 bits per heavy atom. The van der Waals surface area contributed by atoms with Crippen molar-refractivity contribution >= 4 is 34.8 Å². The van der Waals surface area contributed by atoms with Crippen LogP contribution in [0.2, 0.25) is 0 Å². The van der Waals surface area contributed by atoms with Crippen LogP contribution in [0, 0.1) is 6.92 Å². The first kappa shape index (κ1) is 14.6. The molecule has 0 fully saturated rings. The van der Waals surface area contributed by atoms with Crippen molar-refractivity contribution in [2.45, 2.75) is 6.92 Å². The molecule has 0 aliphatic rings. The van der Waals surface area contributed by atoms with Crippen molar-refractivity contribution in [3.05, 3.63) is 29.8 Å². The van der Waals surface area contributed by atoms with E-state index in [9.17, 15) is 0 Å². The first-order valence-corrected chi connectivity index (χ1v) is 5.14. The molecule has 0 bridgehead atoms. The van der Waals surface area contributed by atoms with E-state index in [1.807, 2.05) is 31.2 Å². The highest BCUT2D eigenvalue weighted by Gasteiger charge is 1.92. The predicted octanol–water partition coefficient (Wildman–Crippen LogP) is 1.49. The Labute approximate surface area is 106 Å². The molecule has 4 N–H and O–H groups in total. The molecule has 0 spiro atoms. The quantitative estimate of drug-likeness (QED) is 0.744. The topological polar surface area (TPSA) is 70.5 Å². The van der Waals surface area contributed by atoms with E-state index in [0.29, 0.717) is 5.75 Å². The number of ether oxygens (including phenoxy) is 2. The van der Waals surface area contributed by atoms with Gasteiger partial charge in [0.2, 0.25) is 0 Å². The lowest BCUT2D eigenvalue weighted by molar-refractivity contribution is 0.408. The highest BCUT2D eigenvalue weighted by Crippen LogP contribution is 2.10. The molecule has 0 saturated heterocycles. The SMILES string of the molecule is COC(N)=S.Cc1ccc(OC(N)=S)cc1. The molecule has 4 nitrogen and oxygen atoms in total. The molecule has 0 atom stereocenters. The highest BCUT2D eigenvalue weighted by molar-refractivity contribution is 7.80. The van der Waals surface area contributed by atoms with Crippen molar-refractivity contribution in [1.29, 1.82) is 0 Å². The molecule has 0 saturated carbocycles. The molecule has 1 rings (SSSR count). The van der Waals surface area contributed by atoms with E-state index in [1.165, 1.54) is 12.7 Å². The van der Waals surface area contributed by atoms with Crippen molar-refractivity contribution in [2.24, 2.45) is 11.5 Å². The number of thiocarbonyl (C=S) groups is 2. The van der Waals surface area contributed by atoms with Crippen LogP contribution in [0.25, 0.3) is 0 Å². The minimum absolute atomic E-state index is 0.0499. The lowest BCUT2D eigenvalue weighted by Crippen LogP contribution is -2.15. The molecule has 6 heteroatoms. The van der Waals surface area contributed by atoms with Gasteiger partial charge in [0.05, 0.1) is 7.11 Å². The molecule has 0 radical (unpaired) electrons. The maximum absolute atomic E-state index is 5.17. The molecular weight excluding hydrogens is 244 g/mol. The molecule has 0 aromatic heterocycles. The third-order valence-corrected chi connectivity index (χ3v) is 1.69. The number of hydrogen-bond donors (Lipinski definition) is 2. The molecule has 0 aliphatic carbocycles. The van der Waals surface area contributed by atoms with Crippen molar-refractivity contribution in [1.82, 2.24) is 0 Å². The van der Waals surface area contributed by atoms with Gasteiger partial charge in [0.15, 0.2) is 0 Å². The van der Waals surface area contributed by atoms with Gasteiger partial charge >= 0.3 is 0 Å². The molecule has 1 aromatic carbocycles. The Kier molecular flexibility index (Phi) is 7.15. The lowest BCUT2D eigenvalue weighted by Gasteiger charge is -2.01. The van der Waals surface area contributed by atoms with Crippen LogP contribution in [0.3, 0.4) is 0 Å². The van der Waals surface area contributed by atoms with Crippen LogP contribution >= 0.6 is 24.4 Å². The molecule has 1 aromatic rings. The molecule has 16 heavy (non-hydrogen) atoms. The van der Waals surface area contributed by atoms with Gasteiger partial charge in [0, 0.05) is 0 Å². The van der Waals surface area contributed by atoms with E-state index in [-0.39, 0.29) is 10.3 Å². The van der Waals surface area contributed by atoms with Crippen LogP contribution in [0.1, 0.15) is 5.56 Å². The second-order valence-corrected chi connectivity index (χ2v) is 3.56. The Balaban J connectivity index is 0.000000385. The summed E-state index contributed by atoms with van der Waals surface area (Å²) in [7, 11) is 1.43. The van der Waals surface area contributed by atoms with Crippen LogP contribution in [-0.4, -0.2) is 17.5 Å². The van der Waals surface area contributed by atoms with Crippen LogP contribution in [-0.2, 0) is 4.74 Å². The molecule has 88 valence electrons. The van der Waals surface area contributed by atoms with Gasteiger partial charge in [-0.2, -0.15) is 0 Å². The second kappa shape index (κ2) is 7.84. The molecule has 0 aliphatic heterocycles. The number of benzene rings is 1. The van der Waals surface area contributed by atoms with Crippen LogP contribution < -0.4 is 16.2 Å². The fraction of sp³-hybridized carbons (Fsp3) is 0.200. The van der Waals surface area contributed by atoms with Crippen molar-refractivity contribution in [2.75, 3.05) is 7.11 Å². The van der Waals surface area contributed by atoms with E-state index in [0.717, 1.165) is 0 Å². The van der Waals surface area contributed by atoms with Crippen LogP contribution in [0.15, 0.2) is 24.3 Å². The van der Waals surface area contributed by atoms with E-state index in [1.54, 1.807) is 0 Å². The zero-order valence-electron chi connectivity index (χ0n) is 9.10. The zero-order chi connectivity index (χ0) is 12.6. The minimum Gasteiger partial charge on any atom is -0.475 e. The Morgan fingerprint density at radius 2 is 1.50 bits per heavy atom. The van der Waals surface area contributed by atoms with Gasteiger partial charge in [0.1, 0.15) is 5.75 Å². The summed E-state index contributed by atoms with van der Waals surface area (Å²) >= 11 is 8.82. The summed E-state index contributed by atoms with van der Waals surface area (Å²) in [6.07, 6.45) is 0. The summed E-state index contributed by atoms with van der Waals surface area (Å²) in [6, 6.07) is 7.53. The summed E-state index contributed by atoms with van der Waals surface area (Å²) < 4.78 is 9.24. The average molecular weight is 258 g/mol. The van der Waals surface area contributed by atoms with Gasteiger partial charge in [-0.3, -0.25) is 0 Å². The summed E-state index contributed by atoms with van der Waals surface area (Å²) in [5.41, 5.74) is 11.2. The first-order chi connectivity index (χ1) is 7.45. The maximum Gasteiger partial charge on any atom is 0.259 e. The zero-order valence-corrected chi connectivity index (χ0v) is 10.7. The number of aryl methyl sites for hydroxylation is 1. The minimum atomic E-state index is 0.0499. The smallest absolute Gasteiger partial charge is 0.259 e. The van der Waals surface area contributed by atoms with Crippen LogP contribution in [0.5, 0.6) is 5.75 Å². The standard InChI is InChI=1S/C8H9NOS.C2H5NOS/c1-6-2-4-7(5-3-6)10-8(9)11;1-4-2(3)5/h2-5H,1H3,(H2,9,11);1H3,(H2,3,5). The van der Waals surface area contributed by atoms with E-state index in [4.69, 9.17) is 16.2 Å². The van der Waals surface area contributed by atoms with Gasteiger partial charge in [-0.25, -0.2) is 0 Å². The third-order valence-electron chi connectivity index (χ3n) is 1.44.